The second-order valence-electron chi connectivity index (χ2n) is 9.77. The first-order valence-electron chi connectivity index (χ1n) is 13.2. The Morgan fingerprint density at radius 1 is 0.758 bits per heavy atom. The maximum Gasteiger partial charge on any atom is 0.264 e. The first kappa shape index (κ1) is 29.9. The second kappa shape index (κ2) is 18.2. The zero-order chi connectivity index (χ0) is 24.4. The van der Waals surface area contributed by atoms with Crippen molar-refractivity contribution in [3.8, 4) is 0 Å². The van der Waals surface area contributed by atoms with Crippen molar-refractivity contribution in [1.82, 2.24) is 10.6 Å². The molecule has 1 fully saturated rings. The summed E-state index contributed by atoms with van der Waals surface area (Å²) < 4.78 is 29.9. The lowest BCUT2D eigenvalue weighted by molar-refractivity contribution is -0.126. The molecule has 1 aliphatic carbocycles. The van der Waals surface area contributed by atoms with Crippen molar-refractivity contribution in [2.75, 3.05) is 19.3 Å². The molecule has 33 heavy (non-hydrogen) atoms. The zero-order valence-corrected chi connectivity index (χ0v) is 21.6. The number of carbonyl (C=O) groups is 2. The molecule has 0 aromatic heterocycles. The average Bonchev–Trinajstić information content (AvgIpc) is 2.79. The van der Waals surface area contributed by atoms with Crippen molar-refractivity contribution in [3.05, 3.63) is 0 Å². The first-order valence-corrected chi connectivity index (χ1v) is 14.9. The maximum atomic E-state index is 12.1. The highest BCUT2D eigenvalue weighted by Gasteiger charge is 2.25. The molecule has 0 saturated heterocycles. The molecule has 1 aliphatic rings. The molecule has 1 rings (SSSR count). The van der Waals surface area contributed by atoms with Crippen LogP contribution in [-0.4, -0.2) is 44.1 Å². The van der Waals surface area contributed by atoms with Crippen LogP contribution < -0.4 is 10.6 Å². The molecule has 8 heteroatoms. The van der Waals surface area contributed by atoms with E-state index in [9.17, 15) is 18.0 Å². The average molecular weight is 489 g/mol. The normalized spacial score (nSPS) is 18.7. The van der Waals surface area contributed by atoms with Crippen molar-refractivity contribution in [2.24, 2.45) is 11.8 Å². The van der Waals surface area contributed by atoms with E-state index in [1.165, 1.54) is 44.9 Å². The molecule has 2 amide bonds. The third-order valence-electron chi connectivity index (χ3n) is 6.86. The Hall–Kier alpha value is -1.15. The Balaban J connectivity index is 1.82. The van der Waals surface area contributed by atoms with Crippen molar-refractivity contribution in [2.45, 2.75) is 116 Å². The van der Waals surface area contributed by atoms with Gasteiger partial charge in [0, 0.05) is 25.9 Å². The molecule has 0 radical (unpaired) electrons. The van der Waals surface area contributed by atoms with E-state index < -0.39 is 10.1 Å². The molecule has 3 N–H and O–H groups in total. The number of hydrogen-bond donors (Lipinski definition) is 3. The van der Waals surface area contributed by atoms with Gasteiger partial charge in [-0.1, -0.05) is 70.6 Å². The topological polar surface area (TPSA) is 113 Å². The van der Waals surface area contributed by atoms with E-state index in [0.29, 0.717) is 18.8 Å². The number of rotatable bonds is 19. The monoisotopic (exact) mass is 488 g/mol. The van der Waals surface area contributed by atoms with Gasteiger partial charge in [0.25, 0.3) is 10.1 Å². The number of carbonyl (C=O) groups excluding carboxylic acids is 2. The van der Waals surface area contributed by atoms with Crippen molar-refractivity contribution in [1.29, 1.82) is 0 Å². The Kier molecular flexibility index (Phi) is 16.5. The minimum absolute atomic E-state index is 0.111. The first-order chi connectivity index (χ1) is 15.8. The fraction of sp³-hybridized carbons (Fsp3) is 0.920. The van der Waals surface area contributed by atoms with Gasteiger partial charge in [0.1, 0.15) is 0 Å². The predicted octanol–water partition coefficient (Wildman–Crippen LogP) is 5.00. The Bertz CT molecular complexity index is 631. The number of hydrogen-bond acceptors (Lipinski definition) is 4. The van der Waals surface area contributed by atoms with Crippen LogP contribution in [-0.2, 0) is 19.7 Å². The van der Waals surface area contributed by atoms with Gasteiger partial charge in [-0.05, 0) is 44.4 Å². The molecule has 0 heterocycles. The molecule has 0 spiro atoms. The SMILES string of the molecule is CNC(=O)[C@H]1CC[C@H](CNC(=O)CCCCCCCCCCCCCCCS(=O)(=O)O)CC1. The molecular formula is C25H48N2O5S. The van der Waals surface area contributed by atoms with Crippen molar-refractivity contribution < 1.29 is 22.6 Å². The minimum atomic E-state index is -3.79. The summed E-state index contributed by atoms with van der Waals surface area (Å²) in [5.41, 5.74) is 0. The predicted molar refractivity (Wildman–Crippen MR) is 134 cm³/mol. The molecule has 0 atom stereocenters. The Morgan fingerprint density at radius 3 is 1.67 bits per heavy atom. The molecule has 0 bridgehead atoms. The molecule has 0 aromatic carbocycles. The van der Waals surface area contributed by atoms with E-state index in [1.54, 1.807) is 7.05 Å². The number of amides is 2. The molecule has 0 aromatic rings. The van der Waals surface area contributed by atoms with Gasteiger partial charge in [0.2, 0.25) is 11.8 Å². The van der Waals surface area contributed by atoms with Crippen LogP contribution in [0, 0.1) is 11.8 Å². The van der Waals surface area contributed by atoms with E-state index in [1.807, 2.05) is 0 Å². The summed E-state index contributed by atoms with van der Waals surface area (Å²) in [6.45, 7) is 0.754. The maximum absolute atomic E-state index is 12.1. The van der Waals surface area contributed by atoms with Gasteiger partial charge in [0.05, 0.1) is 5.75 Å². The summed E-state index contributed by atoms with van der Waals surface area (Å²) in [6.07, 6.45) is 18.9. The molecule has 7 nitrogen and oxygen atoms in total. The minimum Gasteiger partial charge on any atom is -0.359 e. The van der Waals surface area contributed by atoms with Gasteiger partial charge >= 0.3 is 0 Å². The summed E-state index contributed by atoms with van der Waals surface area (Å²) >= 11 is 0. The van der Waals surface area contributed by atoms with E-state index >= 15 is 0 Å². The molecule has 194 valence electrons. The highest BCUT2D eigenvalue weighted by molar-refractivity contribution is 7.85. The van der Waals surface area contributed by atoms with Gasteiger partial charge in [-0.2, -0.15) is 8.42 Å². The van der Waals surface area contributed by atoms with Crippen LogP contribution in [0.5, 0.6) is 0 Å². The quantitative estimate of drug-likeness (QED) is 0.175. The standard InChI is InChI=1S/C25H48N2O5S/c1-26-25(29)23-18-16-22(17-19-23)21-27-24(28)15-13-11-9-7-5-3-2-4-6-8-10-12-14-20-33(30,31)32/h22-23H,2-21H2,1H3,(H,26,29)(H,27,28)(H,30,31,32)/t22-,23-. The highest BCUT2D eigenvalue weighted by atomic mass is 32.2. The fourth-order valence-corrected chi connectivity index (χ4v) is 5.26. The molecule has 0 aliphatic heterocycles. The Labute approximate surface area is 202 Å². The molecular weight excluding hydrogens is 440 g/mol. The van der Waals surface area contributed by atoms with Gasteiger partial charge < -0.3 is 10.6 Å². The summed E-state index contributed by atoms with van der Waals surface area (Å²) in [5, 5.41) is 5.82. The van der Waals surface area contributed by atoms with Crippen LogP contribution >= 0.6 is 0 Å². The number of unbranched alkanes of at least 4 members (excludes halogenated alkanes) is 12. The lowest BCUT2D eigenvalue weighted by Gasteiger charge is -2.27. The summed E-state index contributed by atoms with van der Waals surface area (Å²) in [7, 11) is -2.09. The summed E-state index contributed by atoms with van der Waals surface area (Å²) in [4.78, 5) is 23.7. The van der Waals surface area contributed by atoms with Crippen molar-refractivity contribution >= 4 is 21.9 Å². The molecule has 1 saturated carbocycles. The van der Waals surface area contributed by atoms with Crippen LogP contribution in [0.4, 0.5) is 0 Å². The van der Waals surface area contributed by atoms with Crippen LogP contribution in [0.3, 0.4) is 0 Å². The van der Waals surface area contributed by atoms with E-state index in [0.717, 1.165) is 64.3 Å². The van der Waals surface area contributed by atoms with Crippen LogP contribution in [0.15, 0.2) is 0 Å². The lowest BCUT2D eigenvalue weighted by atomic mass is 9.81. The third kappa shape index (κ3) is 17.0. The molecule has 0 unspecified atom stereocenters. The summed E-state index contributed by atoms with van der Waals surface area (Å²) in [5.74, 6) is 0.877. The van der Waals surface area contributed by atoms with Gasteiger partial charge in [-0.3, -0.25) is 14.1 Å². The Morgan fingerprint density at radius 2 is 1.21 bits per heavy atom. The highest BCUT2D eigenvalue weighted by Crippen LogP contribution is 2.28. The van der Waals surface area contributed by atoms with E-state index in [4.69, 9.17) is 4.55 Å². The summed E-state index contributed by atoms with van der Waals surface area (Å²) in [6, 6.07) is 0. The van der Waals surface area contributed by atoms with Gasteiger partial charge in [0.15, 0.2) is 0 Å². The van der Waals surface area contributed by atoms with E-state index in [2.05, 4.69) is 10.6 Å². The second-order valence-corrected chi connectivity index (χ2v) is 11.3. The van der Waals surface area contributed by atoms with Gasteiger partial charge in [-0.25, -0.2) is 0 Å². The van der Waals surface area contributed by atoms with E-state index in [-0.39, 0.29) is 23.5 Å². The van der Waals surface area contributed by atoms with Crippen LogP contribution in [0.25, 0.3) is 0 Å². The fourth-order valence-electron chi connectivity index (χ4n) is 4.69. The third-order valence-corrected chi connectivity index (χ3v) is 7.66. The van der Waals surface area contributed by atoms with Crippen LogP contribution in [0.2, 0.25) is 0 Å². The smallest absolute Gasteiger partial charge is 0.264 e. The largest absolute Gasteiger partial charge is 0.359 e. The van der Waals surface area contributed by atoms with Gasteiger partial charge in [-0.15, -0.1) is 0 Å². The zero-order valence-electron chi connectivity index (χ0n) is 20.8. The number of nitrogens with one attached hydrogen (secondary N) is 2. The van der Waals surface area contributed by atoms with Crippen molar-refractivity contribution in [3.63, 3.8) is 0 Å². The van der Waals surface area contributed by atoms with Crippen LogP contribution in [0.1, 0.15) is 116 Å². The lowest BCUT2D eigenvalue weighted by Crippen LogP contribution is -2.34.